The highest BCUT2D eigenvalue weighted by Gasteiger charge is 2.20. The summed E-state index contributed by atoms with van der Waals surface area (Å²) in [6, 6.07) is 0. The first-order valence-corrected chi connectivity index (χ1v) is 7.21. The Bertz CT molecular complexity index is 396. The van der Waals surface area contributed by atoms with Gasteiger partial charge in [-0.1, -0.05) is 0 Å². The molecule has 9 nitrogen and oxygen atoms in total. The second-order valence-corrected chi connectivity index (χ2v) is 4.89. The van der Waals surface area contributed by atoms with Gasteiger partial charge < -0.3 is 29.3 Å². The van der Waals surface area contributed by atoms with Crippen LogP contribution in [0.25, 0.3) is 0 Å². The quantitative estimate of drug-likeness (QED) is 0.472. The highest BCUT2D eigenvalue weighted by Crippen LogP contribution is 1.99. The zero-order chi connectivity index (χ0) is 18.0. The summed E-state index contributed by atoms with van der Waals surface area (Å²) >= 11 is 0. The Balaban J connectivity index is 4.39. The minimum Gasteiger partial charge on any atom is -0.462 e. The van der Waals surface area contributed by atoms with Gasteiger partial charge in [0.2, 0.25) is 0 Å². The van der Waals surface area contributed by atoms with Crippen LogP contribution < -0.4 is 0 Å². The summed E-state index contributed by atoms with van der Waals surface area (Å²) in [5, 5.41) is 18.4. The van der Waals surface area contributed by atoms with Gasteiger partial charge in [0.05, 0.1) is 13.1 Å². The van der Waals surface area contributed by atoms with Crippen LogP contribution in [0.4, 0.5) is 0 Å². The van der Waals surface area contributed by atoms with Gasteiger partial charge in [0, 0.05) is 7.11 Å². The topological polar surface area (TPSA) is 123 Å². The number of rotatable bonds is 10. The summed E-state index contributed by atoms with van der Waals surface area (Å²) < 4.78 is 14.5. The number of hydrogen-bond acceptors (Lipinski definition) is 8. The van der Waals surface area contributed by atoms with E-state index in [9.17, 15) is 19.5 Å². The Hall–Kier alpha value is -1.71. The van der Waals surface area contributed by atoms with E-state index in [1.807, 2.05) is 0 Å². The number of esters is 2. The summed E-state index contributed by atoms with van der Waals surface area (Å²) in [6.07, 6.45) is -3.22. The molecule has 134 valence electrons. The third-order valence-corrected chi connectivity index (χ3v) is 2.91. The standard InChI is InChI=1S/C14H25NO8/c1-9(16)12(18)15(5-7-22-13(19)10(2)17)6-8-23-14(20)11(3)21-4/h9-11,16-17H,5-8H2,1-4H3. The molecule has 0 aromatic heterocycles. The molecule has 0 aliphatic heterocycles. The van der Waals surface area contributed by atoms with Crippen molar-refractivity contribution < 1.29 is 38.8 Å². The molecule has 0 bridgehead atoms. The molecular weight excluding hydrogens is 310 g/mol. The molecule has 0 saturated carbocycles. The molecule has 0 aliphatic carbocycles. The molecule has 1 amide bonds. The van der Waals surface area contributed by atoms with E-state index >= 15 is 0 Å². The number of methoxy groups -OCH3 is 1. The lowest BCUT2D eigenvalue weighted by molar-refractivity contribution is -0.157. The van der Waals surface area contributed by atoms with Crippen molar-refractivity contribution in [3.63, 3.8) is 0 Å². The number of ether oxygens (including phenoxy) is 3. The van der Waals surface area contributed by atoms with Crippen molar-refractivity contribution in [2.45, 2.75) is 39.1 Å². The van der Waals surface area contributed by atoms with E-state index in [0.29, 0.717) is 0 Å². The first-order valence-electron chi connectivity index (χ1n) is 7.21. The molecule has 0 fully saturated rings. The average Bonchev–Trinajstić information content (AvgIpc) is 2.51. The first kappa shape index (κ1) is 21.3. The molecule has 0 heterocycles. The molecule has 0 aromatic rings. The number of hydrogen-bond donors (Lipinski definition) is 2. The van der Waals surface area contributed by atoms with Crippen LogP contribution in [-0.4, -0.2) is 84.7 Å². The monoisotopic (exact) mass is 335 g/mol. The van der Waals surface area contributed by atoms with Gasteiger partial charge in [-0.15, -0.1) is 0 Å². The third-order valence-electron chi connectivity index (χ3n) is 2.91. The van der Waals surface area contributed by atoms with Crippen LogP contribution in [0.3, 0.4) is 0 Å². The lowest BCUT2D eigenvalue weighted by Crippen LogP contribution is -2.42. The molecule has 9 heteroatoms. The van der Waals surface area contributed by atoms with Crippen molar-refractivity contribution in [1.29, 1.82) is 0 Å². The van der Waals surface area contributed by atoms with Crippen LogP contribution >= 0.6 is 0 Å². The second kappa shape index (κ2) is 10.9. The van der Waals surface area contributed by atoms with Crippen LogP contribution in [0.1, 0.15) is 20.8 Å². The summed E-state index contributed by atoms with van der Waals surface area (Å²) in [6.45, 7) is 3.88. The van der Waals surface area contributed by atoms with Gasteiger partial charge in [0.15, 0.2) is 6.10 Å². The van der Waals surface area contributed by atoms with Crippen molar-refractivity contribution in [2.75, 3.05) is 33.4 Å². The predicted molar refractivity (Wildman–Crippen MR) is 78.3 cm³/mol. The highest BCUT2D eigenvalue weighted by molar-refractivity contribution is 5.80. The van der Waals surface area contributed by atoms with Gasteiger partial charge in [-0.3, -0.25) is 4.79 Å². The van der Waals surface area contributed by atoms with Crippen LogP contribution in [0, 0.1) is 0 Å². The Labute approximate surface area is 135 Å². The summed E-state index contributed by atoms with van der Waals surface area (Å²) in [5.41, 5.74) is 0. The molecule has 0 aliphatic rings. The number of nitrogens with zero attached hydrogens (tertiary/aromatic N) is 1. The third kappa shape index (κ3) is 8.48. The fourth-order valence-electron chi connectivity index (χ4n) is 1.44. The number of aliphatic hydroxyl groups excluding tert-OH is 2. The molecular formula is C14H25NO8. The molecule has 3 atom stereocenters. The maximum Gasteiger partial charge on any atom is 0.334 e. The Kier molecular flexibility index (Phi) is 10.1. The Morgan fingerprint density at radius 2 is 1.39 bits per heavy atom. The van der Waals surface area contributed by atoms with Gasteiger partial charge >= 0.3 is 11.9 Å². The van der Waals surface area contributed by atoms with Gasteiger partial charge in [-0.05, 0) is 20.8 Å². The van der Waals surface area contributed by atoms with Crippen molar-refractivity contribution in [3.05, 3.63) is 0 Å². The van der Waals surface area contributed by atoms with E-state index in [-0.39, 0.29) is 26.3 Å². The van der Waals surface area contributed by atoms with Gasteiger partial charge in [0.25, 0.3) is 5.91 Å². The minimum atomic E-state index is -1.26. The molecule has 0 spiro atoms. The molecule has 0 rings (SSSR count). The van der Waals surface area contributed by atoms with E-state index in [0.717, 1.165) is 0 Å². The SMILES string of the molecule is COC(C)C(=O)OCCN(CCOC(=O)C(C)O)C(=O)C(C)O. The molecule has 0 radical (unpaired) electrons. The number of amides is 1. The summed E-state index contributed by atoms with van der Waals surface area (Å²) in [4.78, 5) is 35.6. The number of carbonyl (C=O) groups is 3. The van der Waals surface area contributed by atoms with E-state index < -0.39 is 36.2 Å². The smallest absolute Gasteiger partial charge is 0.334 e. The van der Waals surface area contributed by atoms with Crippen LogP contribution in [0.5, 0.6) is 0 Å². The molecule has 23 heavy (non-hydrogen) atoms. The van der Waals surface area contributed by atoms with E-state index in [1.165, 1.54) is 32.8 Å². The van der Waals surface area contributed by atoms with E-state index in [4.69, 9.17) is 19.3 Å². The average molecular weight is 335 g/mol. The lowest BCUT2D eigenvalue weighted by atomic mass is 10.3. The van der Waals surface area contributed by atoms with Crippen molar-refractivity contribution in [2.24, 2.45) is 0 Å². The van der Waals surface area contributed by atoms with Crippen LogP contribution in [-0.2, 0) is 28.6 Å². The molecule has 3 unspecified atom stereocenters. The Morgan fingerprint density at radius 3 is 1.78 bits per heavy atom. The highest BCUT2D eigenvalue weighted by atomic mass is 16.6. The molecule has 2 N–H and O–H groups in total. The zero-order valence-electron chi connectivity index (χ0n) is 13.9. The van der Waals surface area contributed by atoms with Gasteiger partial charge in [0.1, 0.15) is 25.4 Å². The first-order chi connectivity index (χ1) is 10.7. The predicted octanol–water partition coefficient (Wildman–Crippen LogP) is -1.30. The van der Waals surface area contributed by atoms with Crippen LogP contribution in [0.2, 0.25) is 0 Å². The van der Waals surface area contributed by atoms with Gasteiger partial charge in [-0.25, -0.2) is 9.59 Å². The zero-order valence-corrected chi connectivity index (χ0v) is 13.9. The Morgan fingerprint density at radius 1 is 0.913 bits per heavy atom. The summed E-state index contributed by atoms with van der Waals surface area (Å²) in [5.74, 6) is -1.97. The molecule has 0 saturated heterocycles. The van der Waals surface area contributed by atoms with Crippen molar-refractivity contribution in [1.82, 2.24) is 4.90 Å². The fraction of sp³-hybridized carbons (Fsp3) is 0.786. The normalized spacial score (nSPS) is 14.5. The van der Waals surface area contributed by atoms with Crippen molar-refractivity contribution >= 4 is 17.8 Å². The van der Waals surface area contributed by atoms with Crippen molar-refractivity contribution in [3.8, 4) is 0 Å². The number of carbonyl (C=O) groups excluding carboxylic acids is 3. The maximum atomic E-state index is 11.8. The minimum absolute atomic E-state index is 0.000421. The molecule has 0 aromatic carbocycles. The van der Waals surface area contributed by atoms with E-state index in [2.05, 4.69) is 0 Å². The van der Waals surface area contributed by atoms with E-state index in [1.54, 1.807) is 0 Å². The fourth-order valence-corrected chi connectivity index (χ4v) is 1.44. The largest absolute Gasteiger partial charge is 0.462 e. The lowest BCUT2D eigenvalue weighted by Gasteiger charge is -2.24. The second-order valence-electron chi connectivity index (χ2n) is 4.89. The maximum absolute atomic E-state index is 11.8. The van der Waals surface area contributed by atoms with Gasteiger partial charge in [-0.2, -0.15) is 0 Å². The van der Waals surface area contributed by atoms with Crippen LogP contribution in [0.15, 0.2) is 0 Å². The number of aliphatic hydroxyl groups is 2. The summed E-state index contributed by atoms with van der Waals surface area (Å²) in [7, 11) is 1.37.